The Bertz CT molecular complexity index is 1450. The molecule has 0 saturated carbocycles. The summed E-state index contributed by atoms with van der Waals surface area (Å²) in [6, 6.07) is 11.2. The van der Waals surface area contributed by atoms with Crippen molar-refractivity contribution >= 4 is 55.1 Å². The molecule has 35 heavy (non-hydrogen) atoms. The molecule has 0 radical (unpaired) electrons. The van der Waals surface area contributed by atoms with E-state index in [0.717, 1.165) is 10.2 Å². The number of carbonyl (C=O) groups is 2. The number of amides is 1. The van der Waals surface area contributed by atoms with Crippen LogP contribution in [0.15, 0.2) is 65.0 Å². The van der Waals surface area contributed by atoms with Crippen LogP contribution >= 0.6 is 22.9 Å². The van der Waals surface area contributed by atoms with E-state index < -0.39 is 16.0 Å². The Labute approximate surface area is 212 Å². The molecule has 0 aliphatic carbocycles. The molecule has 0 atom stereocenters. The first-order valence-corrected chi connectivity index (χ1v) is 13.5. The Morgan fingerprint density at radius 1 is 1.20 bits per heavy atom. The van der Waals surface area contributed by atoms with E-state index in [1.807, 2.05) is 4.57 Å². The minimum absolute atomic E-state index is 0.179. The summed E-state index contributed by atoms with van der Waals surface area (Å²) in [4.78, 5) is 30.0. The molecule has 1 aliphatic rings. The highest BCUT2D eigenvalue weighted by Gasteiger charge is 2.32. The number of thiazole rings is 1. The number of methoxy groups -OCH3 is 1. The Morgan fingerprint density at radius 3 is 2.51 bits per heavy atom. The molecule has 8 nitrogen and oxygen atoms in total. The van der Waals surface area contributed by atoms with Gasteiger partial charge in [-0.1, -0.05) is 29.0 Å². The van der Waals surface area contributed by atoms with Crippen molar-refractivity contribution in [1.82, 2.24) is 8.87 Å². The number of sulfonamides is 1. The zero-order valence-corrected chi connectivity index (χ0v) is 21.4. The van der Waals surface area contributed by atoms with Crippen LogP contribution in [0.3, 0.4) is 0 Å². The molecule has 4 rings (SSSR count). The van der Waals surface area contributed by atoms with Gasteiger partial charge < -0.3 is 9.30 Å². The molecule has 184 valence electrons. The van der Waals surface area contributed by atoms with E-state index in [-0.39, 0.29) is 29.8 Å². The molecule has 0 N–H and O–H groups in total. The van der Waals surface area contributed by atoms with Crippen LogP contribution in [0.2, 0.25) is 5.02 Å². The van der Waals surface area contributed by atoms with Crippen LogP contribution in [-0.2, 0) is 26.1 Å². The molecular formula is C24H24ClN3O5S2. The largest absolute Gasteiger partial charge is 0.465 e. The molecule has 1 amide bonds. The topological polar surface area (TPSA) is 98.0 Å². The number of ether oxygens (including phenoxy) is 1. The minimum Gasteiger partial charge on any atom is -0.465 e. The lowest BCUT2D eigenvalue weighted by atomic mass is 9.98. The van der Waals surface area contributed by atoms with Crippen LogP contribution < -0.4 is 4.80 Å². The summed E-state index contributed by atoms with van der Waals surface area (Å²) in [6.45, 7) is 4.70. The van der Waals surface area contributed by atoms with Crippen LogP contribution in [0.25, 0.3) is 10.2 Å². The maximum atomic E-state index is 13.0. The summed E-state index contributed by atoms with van der Waals surface area (Å²) >= 11 is 7.17. The second kappa shape index (κ2) is 10.4. The molecule has 2 heterocycles. The number of benzene rings is 2. The predicted octanol–water partition coefficient (Wildman–Crippen LogP) is 3.86. The van der Waals surface area contributed by atoms with Gasteiger partial charge >= 0.3 is 5.97 Å². The molecule has 1 saturated heterocycles. The summed E-state index contributed by atoms with van der Waals surface area (Å²) < 4.78 is 34.7. The SMILES string of the molecule is C=CCn1c(=NC(=O)C2CCN(S(=O)(=O)c3ccc(Cl)cc3)CC2)sc2cc(C(=O)OC)ccc21. The molecule has 1 aliphatic heterocycles. The summed E-state index contributed by atoms with van der Waals surface area (Å²) in [7, 11) is -2.33. The molecular weight excluding hydrogens is 510 g/mol. The van der Waals surface area contributed by atoms with Crippen molar-refractivity contribution in [3.8, 4) is 0 Å². The van der Waals surface area contributed by atoms with E-state index in [2.05, 4.69) is 11.6 Å². The molecule has 0 spiro atoms. The Kier molecular flexibility index (Phi) is 7.56. The number of hydrogen-bond acceptors (Lipinski definition) is 6. The second-order valence-corrected chi connectivity index (χ2v) is 11.4. The number of rotatable bonds is 6. The van der Waals surface area contributed by atoms with Crippen LogP contribution in [0, 0.1) is 5.92 Å². The lowest BCUT2D eigenvalue weighted by Gasteiger charge is -2.29. The van der Waals surface area contributed by atoms with E-state index in [4.69, 9.17) is 16.3 Å². The van der Waals surface area contributed by atoms with Crippen LogP contribution in [-0.4, -0.2) is 49.4 Å². The van der Waals surface area contributed by atoms with Gasteiger partial charge in [-0.3, -0.25) is 4.79 Å². The summed E-state index contributed by atoms with van der Waals surface area (Å²) in [5.74, 6) is -1.10. The van der Waals surface area contributed by atoms with Gasteiger partial charge in [0.1, 0.15) is 0 Å². The highest BCUT2D eigenvalue weighted by molar-refractivity contribution is 7.89. The average molecular weight is 534 g/mol. The van der Waals surface area contributed by atoms with Gasteiger partial charge in [0.05, 0.1) is 27.8 Å². The first-order valence-electron chi connectivity index (χ1n) is 10.9. The van der Waals surface area contributed by atoms with Gasteiger partial charge in [-0.2, -0.15) is 9.30 Å². The fourth-order valence-corrected chi connectivity index (χ4v) is 6.67. The Morgan fingerprint density at radius 2 is 1.89 bits per heavy atom. The van der Waals surface area contributed by atoms with Crippen molar-refractivity contribution in [3.05, 3.63) is 70.5 Å². The second-order valence-electron chi connectivity index (χ2n) is 8.04. The maximum Gasteiger partial charge on any atom is 0.337 e. The predicted molar refractivity (Wildman–Crippen MR) is 135 cm³/mol. The van der Waals surface area contributed by atoms with E-state index in [9.17, 15) is 18.0 Å². The van der Waals surface area contributed by atoms with Crippen LogP contribution in [0.4, 0.5) is 0 Å². The third-order valence-corrected chi connectivity index (χ3v) is 9.08. The average Bonchev–Trinajstić information content (AvgIpc) is 3.20. The minimum atomic E-state index is -3.65. The standard InChI is InChI=1S/C24H24ClN3O5S2/c1-3-12-28-20-9-4-17(23(30)33-2)15-21(20)34-24(28)26-22(29)16-10-13-27(14-11-16)35(31,32)19-7-5-18(25)6-8-19/h3-9,15-16H,1,10-14H2,2H3. The fraction of sp³-hybridized carbons (Fsp3) is 0.292. The molecule has 11 heteroatoms. The number of aromatic nitrogens is 1. The normalized spacial score (nSPS) is 15.9. The van der Waals surface area contributed by atoms with E-state index in [1.165, 1.54) is 34.9 Å². The van der Waals surface area contributed by atoms with Gasteiger partial charge in [0.25, 0.3) is 5.91 Å². The van der Waals surface area contributed by atoms with E-state index in [1.54, 1.807) is 36.4 Å². The number of hydrogen-bond donors (Lipinski definition) is 0. The first-order chi connectivity index (χ1) is 16.7. The van der Waals surface area contributed by atoms with Crippen LogP contribution in [0.1, 0.15) is 23.2 Å². The van der Waals surface area contributed by atoms with Crippen LogP contribution in [0.5, 0.6) is 0 Å². The molecule has 2 aromatic carbocycles. The Hall–Kier alpha value is -2.79. The van der Waals surface area contributed by atoms with Gasteiger partial charge in [0, 0.05) is 30.6 Å². The van der Waals surface area contributed by atoms with Crippen molar-refractivity contribution < 1.29 is 22.7 Å². The summed E-state index contributed by atoms with van der Waals surface area (Å²) in [5.41, 5.74) is 1.25. The highest BCUT2D eigenvalue weighted by atomic mass is 35.5. The number of allylic oxidation sites excluding steroid dienone is 1. The third kappa shape index (κ3) is 5.25. The summed E-state index contributed by atoms with van der Waals surface area (Å²) in [5, 5.41) is 0.464. The van der Waals surface area contributed by atoms with Gasteiger partial charge in [-0.15, -0.1) is 6.58 Å². The van der Waals surface area contributed by atoms with Crippen molar-refractivity contribution in [2.75, 3.05) is 20.2 Å². The summed E-state index contributed by atoms with van der Waals surface area (Å²) in [6.07, 6.45) is 2.48. The lowest BCUT2D eigenvalue weighted by Crippen LogP contribution is -2.40. The quantitative estimate of drug-likeness (QED) is 0.354. The van der Waals surface area contributed by atoms with Crippen molar-refractivity contribution in [1.29, 1.82) is 0 Å². The van der Waals surface area contributed by atoms with E-state index >= 15 is 0 Å². The monoisotopic (exact) mass is 533 g/mol. The maximum absolute atomic E-state index is 13.0. The number of esters is 1. The van der Waals surface area contributed by atoms with Crippen molar-refractivity contribution in [3.63, 3.8) is 0 Å². The van der Waals surface area contributed by atoms with Gasteiger partial charge in [-0.05, 0) is 55.3 Å². The zero-order valence-electron chi connectivity index (χ0n) is 19.0. The molecule has 1 fully saturated rings. The number of halogens is 1. The molecule has 1 aromatic heterocycles. The molecule has 0 unspecified atom stereocenters. The first kappa shape index (κ1) is 25.3. The molecule has 3 aromatic rings. The number of carbonyl (C=O) groups excluding carboxylic acids is 2. The van der Waals surface area contributed by atoms with Crippen molar-refractivity contribution in [2.45, 2.75) is 24.3 Å². The van der Waals surface area contributed by atoms with Gasteiger partial charge in [0.2, 0.25) is 10.0 Å². The number of nitrogens with zero attached hydrogens (tertiary/aromatic N) is 3. The van der Waals surface area contributed by atoms with Crippen molar-refractivity contribution in [2.24, 2.45) is 10.9 Å². The van der Waals surface area contributed by atoms with Gasteiger partial charge in [-0.25, -0.2) is 13.2 Å². The Balaban J connectivity index is 1.55. The number of piperidine rings is 1. The highest BCUT2D eigenvalue weighted by Crippen LogP contribution is 2.26. The fourth-order valence-electron chi connectivity index (χ4n) is 3.99. The lowest BCUT2D eigenvalue weighted by molar-refractivity contribution is -0.122. The van der Waals surface area contributed by atoms with E-state index in [0.29, 0.717) is 34.8 Å². The smallest absolute Gasteiger partial charge is 0.337 e. The zero-order chi connectivity index (χ0) is 25.2. The third-order valence-electron chi connectivity index (χ3n) is 5.88. The number of fused-ring (bicyclic) bond motifs is 1. The van der Waals surface area contributed by atoms with Gasteiger partial charge in [0.15, 0.2) is 4.80 Å². The molecule has 0 bridgehead atoms.